The molecule has 3 aromatic rings. The highest BCUT2D eigenvalue weighted by atomic mass is 32.1. The summed E-state index contributed by atoms with van der Waals surface area (Å²) in [7, 11) is 1.55. The highest BCUT2D eigenvalue weighted by Crippen LogP contribution is 2.38. The number of amides is 1. The summed E-state index contributed by atoms with van der Waals surface area (Å²) in [4.78, 5) is 19.4. The van der Waals surface area contributed by atoms with E-state index in [9.17, 15) is 18.0 Å². The molecule has 0 atom stereocenters. The summed E-state index contributed by atoms with van der Waals surface area (Å²) in [6.45, 7) is 2.96. The minimum Gasteiger partial charge on any atom is -0.494 e. The van der Waals surface area contributed by atoms with Crippen molar-refractivity contribution in [3.63, 3.8) is 0 Å². The number of anilines is 1. The normalized spacial score (nSPS) is 14.6. The third-order valence-electron chi connectivity index (χ3n) is 5.21. The average molecular weight is 465 g/mol. The summed E-state index contributed by atoms with van der Waals surface area (Å²) in [6.07, 6.45) is -4.11. The third kappa shape index (κ3) is 4.81. The zero-order valence-electron chi connectivity index (χ0n) is 17.4. The molecule has 0 unspecified atom stereocenters. The Hall–Kier alpha value is -2.85. The van der Waals surface area contributed by atoms with Gasteiger partial charge in [-0.25, -0.2) is 4.98 Å². The van der Waals surface area contributed by atoms with Crippen LogP contribution in [-0.2, 0) is 17.3 Å². The Labute approximate surface area is 187 Å². The lowest BCUT2D eigenvalue weighted by Gasteiger charge is -2.29. The Morgan fingerprint density at radius 2 is 2.03 bits per heavy atom. The van der Waals surface area contributed by atoms with Crippen LogP contribution in [-0.4, -0.2) is 50.8 Å². The van der Waals surface area contributed by atoms with Crippen LogP contribution in [0.3, 0.4) is 0 Å². The Morgan fingerprint density at radius 1 is 1.25 bits per heavy atom. The van der Waals surface area contributed by atoms with Gasteiger partial charge in [-0.3, -0.25) is 4.79 Å². The molecule has 1 amide bonds. The van der Waals surface area contributed by atoms with E-state index in [0.29, 0.717) is 30.0 Å². The van der Waals surface area contributed by atoms with E-state index >= 15 is 0 Å². The first kappa shape index (κ1) is 22.3. The molecule has 1 saturated heterocycles. The van der Waals surface area contributed by atoms with Crippen molar-refractivity contribution < 1.29 is 27.4 Å². The highest BCUT2D eigenvalue weighted by Gasteiger charge is 2.30. The number of morpholine rings is 1. The number of ether oxygens (including phenoxy) is 2. The van der Waals surface area contributed by atoms with Crippen LogP contribution in [0.2, 0.25) is 0 Å². The molecule has 1 fully saturated rings. The van der Waals surface area contributed by atoms with Gasteiger partial charge in [0.2, 0.25) is 0 Å². The molecule has 6 nitrogen and oxygen atoms in total. The standard InChI is InChI=1S/C22H22F3N3O3S/c1-30-17-6-5-16(28-9-11-31-12-10-28)19-18(17)27-21(32-19)20(29)26-8-7-14-3-2-4-15(13-14)22(23,24)25/h2-6,13H,7-12H2,1H3,(H,26,29). The predicted molar refractivity (Wildman–Crippen MR) is 117 cm³/mol. The van der Waals surface area contributed by atoms with E-state index in [1.54, 1.807) is 13.2 Å². The number of hydrogen-bond donors (Lipinski definition) is 1. The third-order valence-corrected chi connectivity index (χ3v) is 6.28. The van der Waals surface area contributed by atoms with E-state index < -0.39 is 11.7 Å². The monoisotopic (exact) mass is 465 g/mol. The molecule has 0 saturated carbocycles. The maximum Gasteiger partial charge on any atom is 0.416 e. The molecular formula is C22H22F3N3O3S. The zero-order valence-corrected chi connectivity index (χ0v) is 18.2. The van der Waals surface area contributed by atoms with Crippen molar-refractivity contribution in [3.05, 3.63) is 52.5 Å². The molecular weight excluding hydrogens is 443 g/mol. The molecule has 1 aromatic heterocycles. The number of aromatic nitrogens is 1. The van der Waals surface area contributed by atoms with Crippen LogP contribution in [0.1, 0.15) is 20.9 Å². The summed E-state index contributed by atoms with van der Waals surface area (Å²) >= 11 is 1.27. The van der Waals surface area contributed by atoms with E-state index in [4.69, 9.17) is 9.47 Å². The van der Waals surface area contributed by atoms with Gasteiger partial charge in [0, 0.05) is 19.6 Å². The molecule has 0 radical (unpaired) electrons. The fraction of sp³-hybridized carbons (Fsp3) is 0.364. The molecule has 0 bridgehead atoms. The first-order chi connectivity index (χ1) is 15.4. The lowest BCUT2D eigenvalue weighted by atomic mass is 10.1. The van der Waals surface area contributed by atoms with E-state index in [0.717, 1.165) is 35.6 Å². The van der Waals surface area contributed by atoms with Gasteiger partial charge >= 0.3 is 6.18 Å². The van der Waals surface area contributed by atoms with E-state index in [1.807, 2.05) is 12.1 Å². The SMILES string of the molecule is COc1ccc(N2CCOCC2)c2sc(C(=O)NCCc3cccc(C(F)(F)F)c3)nc12. The quantitative estimate of drug-likeness (QED) is 0.593. The molecule has 32 heavy (non-hydrogen) atoms. The van der Waals surface area contributed by atoms with Gasteiger partial charge in [-0.05, 0) is 30.2 Å². The van der Waals surface area contributed by atoms with Crippen LogP contribution in [0.5, 0.6) is 5.75 Å². The van der Waals surface area contributed by atoms with Crippen LogP contribution < -0.4 is 15.0 Å². The lowest BCUT2D eigenvalue weighted by Crippen LogP contribution is -2.36. The number of nitrogens with zero attached hydrogens (tertiary/aromatic N) is 2. The minimum absolute atomic E-state index is 0.198. The van der Waals surface area contributed by atoms with Gasteiger partial charge < -0.3 is 19.7 Å². The average Bonchev–Trinajstić information content (AvgIpc) is 3.24. The molecule has 1 aliphatic rings. The van der Waals surface area contributed by atoms with Crippen LogP contribution >= 0.6 is 11.3 Å². The van der Waals surface area contributed by atoms with E-state index in [2.05, 4.69) is 15.2 Å². The summed E-state index contributed by atoms with van der Waals surface area (Å²) < 4.78 is 50.3. The number of carbonyl (C=O) groups is 1. The van der Waals surface area contributed by atoms with Gasteiger partial charge in [0.1, 0.15) is 11.3 Å². The van der Waals surface area contributed by atoms with Gasteiger partial charge in [-0.15, -0.1) is 11.3 Å². The Balaban J connectivity index is 1.49. The molecule has 1 N–H and O–H groups in total. The number of thiazole rings is 1. The predicted octanol–water partition coefficient (Wildman–Crippen LogP) is 4.13. The molecule has 170 valence electrons. The van der Waals surface area contributed by atoms with Gasteiger partial charge in [-0.2, -0.15) is 13.2 Å². The van der Waals surface area contributed by atoms with Crippen LogP contribution in [0, 0.1) is 0 Å². The molecule has 2 heterocycles. The second-order valence-electron chi connectivity index (χ2n) is 7.29. The van der Waals surface area contributed by atoms with Gasteiger partial charge in [0.05, 0.1) is 36.3 Å². The largest absolute Gasteiger partial charge is 0.494 e. The fourth-order valence-corrected chi connectivity index (χ4v) is 4.62. The van der Waals surface area contributed by atoms with Crippen LogP contribution in [0.25, 0.3) is 10.2 Å². The molecule has 4 rings (SSSR count). The van der Waals surface area contributed by atoms with Crippen molar-refractivity contribution in [1.29, 1.82) is 0 Å². The van der Waals surface area contributed by atoms with Gasteiger partial charge in [0.15, 0.2) is 5.01 Å². The maximum atomic E-state index is 12.9. The summed E-state index contributed by atoms with van der Waals surface area (Å²) in [5, 5.41) is 3.04. The maximum absolute atomic E-state index is 12.9. The number of fused-ring (bicyclic) bond motifs is 1. The van der Waals surface area contributed by atoms with Crippen molar-refractivity contribution in [2.45, 2.75) is 12.6 Å². The molecule has 2 aromatic carbocycles. The van der Waals surface area contributed by atoms with Crippen molar-refractivity contribution >= 4 is 33.1 Å². The zero-order chi connectivity index (χ0) is 22.7. The summed E-state index contributed by atoms with van der Waals surface area (Å²) in [5.74, 6) is 0.212. The summed E-state index contributed by atoms with van der Waals surface area (Å²) in [5.41, 5.74) is 1.39. The number of rotatable bonds is 6. The lowest BCUT2D eigenvalue weighted by molar-refractivity contribution is -0.137. The van der Waals surface area contributed by atoms with Crippen molar-refractivity contribution in [2.75, 3.05) is 44.9 Å². The van der Waals surface area contributed by atoms with E-state index in [1.165, 1.54) is 17.4 Å². The number of nitrogens with one attached hydrogen (secondary N) is 1. The molecule has 0 aliphatic carbocycles. The topological polar surface area (TPSA) is 63.7 Å². The first-order valence-electron chi connectivity index (χ1n) is 10.1. The minimum atomic E-state index is -4.39. The molecule has 1 aliphatic heterocycles. The fourth-order valence-electron chi connectivity index (χ4n) is 3.58. The van der Waals surface area contributed by atoms with Crippen molar-refractivity contribution in [3.8, 4) is 5.75 Å². The molecule has 10 heteroatoms. The van der Waals surface area contributed by atoms with Gasteiger partial charge in [0.25, 0.3) is 5.91 Å². The van der Waals surface area contributed by atoms with E-state index in [-0.39, 0.29) is 23.9 Å². The molecule has 0 spiro atoms. The number of carbonyl (C=O) groups excluding carboxylic acids is 1. The number of halogens is 3. The number of hydrogen-bond acceptors (Lipinski definition) is 6. The van der Waals surface area contributed by atoms with Crippen molar-refractivity contribution in [1.82, 2.24) is 10.3 Å². The Morgan fingerprint density at radius 3 is 2.75 bits per heavy atom. The van der Waals surface area contributed by atoms with Crippen LogP contribution in [0.15, 0.2) is 36.4 Å². The van der Waals surface area contributed by atoms with Crippen LogP contribution in [0.4, 0.5) is 18.9 Å². The smallest absolute Gasteiger partial charge is 0.416 e. The number of benzene rings is 2. The Bertz CT molecular complexity index is 1110. The number of alkyl halides is 3. The summed E-state index contributed by atoms with van der Waals surface area (Å²) in [6, 6.07) is 8.90. The van der Waals surface area contributed by atoms with Crippen molar-refractivity contribution in [2.24, 2.45) is 0 Å². The first-order valence-corrected chi connectivity index (χ1v) is 10.9. The van der Waals surface area contributed by atoms with Gasteiger partial charge in [-0.1, -0.05) is 18.2 Å². The Kier molecular flexibility index (Phi) is 6.52. The highest BCUT2D eigenvalue weighted by molar-refractivity contribution is 7.21. The second-order valence-corrected chi connectivity index (χ2v) is 8.29. The number of methoxy groups -OCH3 is 1. The second kappa shape index (κ2) is 9.33.